The first kappa shape index (κ1) is 19.7. The first-order chi connectivity index (χ1) is 14.8. The quantitative estimate of drug-likeness (QED) is 0.374. The first-order valence-electron chi connectivity index (χ1n) is 10.4. The summed E-state index contributed by atoms with van der Waals surface area (Å²) < 4.78 is 0. The van der Waals surface area contributed by atoms with Crippen LogP contribution in [-0.2, 0) is 0 Å². The molecule has 0 fully saturated rings. The minimum absolute atomic E-state index is 1.04. The molecule has 0 amide bonds. The third kappa shape index (κ3) is 3.90. The Kier molecular flexibility index (Phi) is 6.06. The standard InChI is InChI=1S/C30H26/c1-3-25(29-21-13-11-19-27(29)23-15-7-5-8-16-23)26(4-2)30-22-14-12-20-28(30)24-17-9-6-10-18-24/h3-11,13,15-22H,1-2,12,14H2/b26-25-. The van der Waals surface area contributed by atoms with E-state index in [9.17, 15) is 0 Å². The van der Waals surface area contributed by atoms with Gasteiger partial charge in [0.15, 0.2) is 0 Å². The molecule has 0 aliphatic heterocycles. The molecule has 0 nitrogen and oxygen atoms in total. The lowest BCUT2D eigenvalue weighted by atomic mass is 9.82. The Bertz CT molecular complexity index is 1140. The van der Waals surface area contributed by atoms with Gasteiger partial charge in [-0.3, -0.25) is 0 Å². The van der Waals surface area contributed by atoms with E-state index in [-0.39, 0.29) is 0 Å². The van der Waals surface area contributed by atoms with E-state index in [0.717, 1.165) is 24.0 Å². The Labute approximate surface area is 179 Å². The predicted molar refractivity (Wildman–Crippen MR) is 131 cm³/mol. The van der Waals surface area contributed by atoms with Crippen LogP contribution in [0.25, 0.3) is 22.3 Å². The second-order valence-electron chi connectivity index (χ2n) is 7.33. The van der Waals surface area contributed by atoms with Crippen LogP contribution < -0.4 is 0 Å². The highest BCUT2D eigenvalue weighted by atomic mass is 14.2. The molecule has 146 valence electrons. The molecule has 0 bridgehead atoms. The average molecular weight is 387 g/mol. The van der Waals surface area contributed by atoms with E-state index < -0.39 is 0 Å². The van der Waals surface area contributed by atoms with Crippen LogP contribution in [0.1, 0.15) is 24.0 Å². The van der Waals surface area contributed by atoms with Gasteiger partial charge in [-0.25, -0.2) is 0 Å². The molecule has 0 spiro atoms. The van der Waals surface area contributed by atoms with Crippen molar-refractivity contribution in [2.24, 2.45) is 0 Å². The number of benzene rings is 3. The van der Waals surface area contributed by atoms with E-state index >= 15 is 0 Å². The second-order valence-corrected chi connectivity index (χ2v) is 7.33. The molecule has 0 heteroatoms. The maximum absolute atomic E-state index is 4.19. The van der Waals surface area contributed by atoms with E-state index in [1.54, 1.807) is 0 Å². The zero-order valence-electron chi connectivity index (χ0n) is 17.2. The molecule has 4 rings (SSSR count). The average Bonchev–Trinajstić information content (AvgIpc) is 2.84. The highest BCUT2D eigenvalue weighted by molar-refractivity contribution is 5.95. The van der Waals surface area contributed by atoms with Gasteiger partial charge in [-0.1, -0.05) is 122 Å². The van der Waals surface area contributed by atoms with E-state index in [1.165, 1.54) is 33.4 Å². The third-order valence-corrected chi connectivity index (χ3v) is 5.53. The molecule has 1 aliphatic rings. The fourth-order valence-corrected chi connectivity index (χ4v) is 4.14. The van der Waals surface area contributed by atoms with E-state index in [1.807, 2.05) is 12.2 Å². The molecule has 3 aromatic rings. The molecular formula is C30H26. The summed E-state index contributed by atoms with van der Waals surface area (Å²) in [4.78, 5) is 0. The predicted octanol–water partition coefficient (Wildman–Crippen LogP) is 8.28. The molecule has 0 saturated carbocycles. The first-order valence-corrected chi connectivity index (χ1v) is 10.4. The topological polar surface area (TPSA) is 0 Å². The summed E-state index contributed by atoms with van der Waals surface area (Å²) in [6, 6.07) is 29.7. The molecular weight excluding hydrogens is 360 g/mol. The summed E-state index contributed by atoms with van der Waals surface area (Å²) in [5, 5.41) is 0. The summed E-state index contributed by atoms with van der Waals surface area (Å²) in [5.74, 6) is 0. The minimum atomic E-state index is 1.04. The van der Waals surface area contributed by atoms with Crippen LogP contribution in [0, 0.1) is 0 Å². The normalized spacial score (nSPS) is 14.3. The molecule has 1 aliphatic carbocycles. The van der Waals surface area contributed by atoms with Crippen LogP contribution in [-0.4, -0.2) is 0 Å². The van der Waals surface area contributed by atoms with Crippen molar-refractivity contribution in [1.29, 1.82) is 0 Å². The summed E-state index contributed by atoms with van der Waals surface area (Å²) in [5.41, 5.74) is 9.56. The lowest BCUT2D eigenvalue weighted by molar-refractivity contribution is 1.03. The zero-order chi connectivity index (χ0) is 20.8. The Morgan fingerprint density at radius 2 is 1.17 bits per heavy atom. The zero-order valence-corrected chi connectivity index (χ0v) is 17.2. The van der Waals surface area contributed by atoms with E-state index in [2.05, 4.69) is 110 Å². The van der Waals surface area contributed by atoms with Crippen molar-refractivity contribution in [3.63, 3.8) is 0 Å². The second kappa shape index (κ2) is 9.24. The van der Waals surface area contributed by atoms with Crippen LogP contribution in [0.2, 0.25) is 0 Å². The summed E-state index contributed by atoms with van der Waals surface area (Å²) >= 11 is 0. The molecule has 0 atom stereocenters. The molecule has 3 aromatic carbocycles. The fourth-order valence-electron chi connectivity index (χ4n) is 4.14. The van der Waals surface area contributed by atoms with Gasteiger partial charge in [0.1, 0.15) is 0 Å². The van der Waals surface area contributed by atoms with Gasteiger partial charge in [-0.05, 0) is 57.4 Å². The highest BCUT2D eigenvalue weighted by Gasteiger charge is 2.18. The van der Waals surface area contributed by atoms with Gasteiger partial charge in [0.2, 0.25) is 0 Å². The highest BCUT2D eigenvalue weighted by Crippen LogP contribution is 2.39. The molecule has 30 heavy (non-hydrogen) atoms. The molecule has 0 saturated heterocycles. The molecule has 0 unspecified atom stereocenters. The third-order valence-electron chi connectivity index (χ3n) is 5.53. The Hall–Kier alpha value is -3.64. The number of allylic oxidation sites excluding steroid dienone is 8. The largest absolute Gasteiger partial charge is 0.0984 e. The Morgan fingerprint density at radius 1 is 0.600 bits per heavy atom. The fraction of sp³-hybridized carbons (Fsp3) is 0.0667. The van der Waals surface area contributed by atoms with Crippen molar-refractivity contribution in [3.05, 3.63) is 145 Å². The molecule has 0 heterocycles. The van der Waals surface area contributed by atoms with Gasteiger partial charge in [0, 0.05) is 0 Å². The lowest BCUT2D eigenvalue weighted by Crippen LogP contribution is -2.01. The molecule has 0 N–H and O–H groups in total. The van der Waals surface area contributed by atoms with E-state index in [0.29, 0.717) is 0 Å². The van der Waals surface area contributed by atoms with Crippen molar-refractivity contribution in [2.45, 2.75) is 12.8 Å². The Balaban J connectivity index is 1.90. The van der Waals surface area contributed by atoms with Crippen LogP contribution in [0.3, 0.4) is 0 Å². The van der Waals surface area contributed by atoms with Gasteiger partial charge in [0.05, 0.1) is 0 Å². The van der Waals surface area contributed by atoms with Gasteiger partial charge in [-0.2, -0.15) is 0 Å². The van der Waals surface area contributed by atoms with E-state index in [4.69, 9.17) is 0 Å². The molecule has 0 aromatic heterocycles. The molecule has 0 radical (unpaired) electrons. The van der Waals surface area contributed by atoms with Crippen molar-refractivity contribution in [1.82, 2.24) is 0 Å². The van der Waals surface area contributed by atoms with Crippen molar-refractivity contribution in [2.75, 3.05) is 0 Å². The minimum Gasteiger partial charge on any atom is -0.0984 e. The van der Waals surface area contributed by atoms with Crippen LogP contribution >= 0.6 is 0 Å². The number of hydrogen-bond donors (Lipinski definition) is 0. The van der Waals surface area contributed by atoms with Crippen LogP contribution in [0.5, 0.6) is 0 Å². The maximum atomic E-state index is 4.19. The monoisotopic (exact) mass is 386 g/mol. The van der Waals surface area contributed by atoms with Crippen molar-refractivity contribution in [3.8, 4) is 11.1 Å². The lowest BCUT2D eigenvalue weighted by Gasteiger charge is -2.21. The number of hydrogen-bond acceptors (Lipinski definition) is 0. The summed E-state index contributed by atoms with van der Waals surface area (Å²) in [7, 11) is 0. The van der Waals surface area contributed by atoms with Gasteiger partial charge >= 0.3 is 0 Å². The van der Waals surface area contributed by atoms with Gasteiger partial charge in [-0.15, -0.1) is 0 Å². The summed E-state index contributed by atoms with van der Waals surface area (Å²) in [6.07, 6.45) is 10.7. The van der Waals surface area contributed by atoms with Gasteiger partial charge < -0.3 is 0 Å². The van der Waals surface area contributed by atoms with Crippen molar-refractivity contribution < 1.29 is 0 Å². The van der Waals surface area contributed by atoms with Crippen molar-refractivity contribution >= 4 is 11.1 Å². The number of rotatable bonds is 6. The van der Waals surface area contributed by atoms with Crippen LogP contribution in [0.15, 0.2) is 134 Å². The summed E-state index contributed by atoms with van der Waals surface area (Å²) in [6.45, 7) is 8.37. The van der Waals surface area contributed by atoms with Gasteiger partial charge in [0.25, 0.3) is 0 Å². The maximum Gasteiger partial charge on any atom is -0.00994 e. The van der Waals surface area contributed by atoms with Crippen LogP contribution in [0.4, 0.5) is 0 Å². The Morgan fingerprint density at radius 3 is 1.83 bits per heavy atom. The SMILES string of the molecule is C=C/C(C1=CCCC=C1c1ccccc1)=C(\C=C)c1ccccc1-c1ccccc1. The smallest absolute Gasteiger partial charge is 0.00994 e.